The zero-order valence-electron chi connectivity index (χ0n) is 7.62. The molecule has 0 saturated carbocycles. The maximum Gasteiger partial charge on any atom is 1.00 e. The van der Waals surface area contributed by atoms with Crippen LogP contribution in [0.5, 0.6) is 0 Å². The summed E-state index contributed by atoms with van der Waals surface area (Å²) < 4.78 is 13.9. The molecule has 12 heavy (non-hydrogen) atoms. The topological polar surface area (TPSA) is 72.4 Å². The number of unbranched alkanes of at least 4 members (excludes halogenated alkanes) is 3. The van der Waals surface area contributed by atoms with Crippen LogP contribution in [0.3, 0.4) is 0 Å². The molecule has 0 saturated heterocycles. The van der Waals surface area contributed by atoms with E-state index in [0.29, 0.717) is 6.42 Å². The predicted molar refractivity (Wildman–Crippen MR) is 37.7 cm³/mol. The Morgan fingerprint density at radius 1 is 1.25 bits per heavy atom. The molecule has 0 rings (SSSR count). The van der Waals surface area contributed by atoms with Gasteiger partial charge in [0.05, 0.1) is 14.4 Å². The van der Waals surface area contributed by atoms with Gasteiger partial charge in [0, 0.05) is 0 Å². The van der Waals surface area contributed by atoms with Gasteiger partial charge in [-0.1, -0.05) is 26.2 Å². The Kier molecular flexibility index (Phi) is 12.6. The van der Waals surface area contributed by atoms with E-state index in [-0.39, 0.29) is 58.0 Å². The molecule has 0 aromatic rings. The van der Waals surface area contributed by atoms with Gasteiger partial charge in [0.25, 0.3) is 0 Å². The summed E-state index contributed by atoms with van der Waals surface area (Å²) in [7, 11) is -4.71. The second kappa shape index (κ2) is 9.31. The smallest absolute Gasteiger partial charge is 0.790 e. The fourth-order valence-electron chi connectivity index (χ4n) is 0.705. The molecule has 0 atom stereocenters. The zero-order valence-corrected chi connectivity index (χ0v) is 11.6. The van der Waals surface area contributed by atoms with Crippen molar-refractivity contribution in [3.8, 4) is 0 Å². The number of hydrogen-bond acceptors (Lipinski definition) is 4. The summed E-state index contributed by atoms with van der Waals surface area (Å²) in [5.41, 5.74) is 0. The van der Waals surface area contributed by atoms with E-state index < -0.39 is 7.82 Å². The SMILES string of the molecule is CCCCCCOP(=O)([O-])[O-].[K+]. The van der Waals surface area contributed by atoms with E-state index in [4.69, 9.17) is 0 Å². The number of phosphoric ester groups is 1. The average Bonchev–Trinajstić information content (AvgIpc) is 1.85. The first-order chi connectivity index (χ1) is 5.06. The van der Waals surface area contributed by atoms with E-state index in [2.05, 4.69) is 4.52 Å². The van der Waals surface area contributed by atoms with E-state index in [1.807, 2.05) is 6.92 Å². The molecule has 0 radical (unpaired) electrons. The van der Waals surface area contributed by atoms with Crippen molar-refractivity contribution in [3.05, 3.63) is 0 Å². The molecule has 0 N–H and O–H groups in total. The van der Waals surface area contributed by atoms with Crippen LogP contribution in [0.4, 0.5) is 0 Å². The largest absolute Gasteiger partial charge is 1.00 e. The van der Waals surface area contributed by atoms with E-state index in [1.54, 1.807) is 0 Å². The monoisotopic (exact) mass is 219 g/mol. The summed E-state index contributed by atoms with van der Waals surface area (Å²) in [6.45, 7) is 2.08. The second-order valence-corrected chi connectivity index (χ2v) is 3.49. The Morgan fingerprint density at radius 3 is 2.25 bits per heavy atom. The number of phosphoric acid groups is 1. The molecular weight excluding hydrogens is 206 g/mol. The minimum atomic E-state index is -4.71. The molecule has 0 aromatic carbocycles. The molecule has 0 amide bonds. The Balaban J connectivity index is 0. The van der Waals surface area contributed by atoms with Gasteiger partial charge in [-0.25, -0.2) is 0 Å². The average molecular weight is 219 g/mol. The first-order valence-corrected chi connectivity index (χ1v) is 5.19. The minimum absolute atomic E-state index is 0. The maximum absolute atomic E-state index is 9.91. The first-order valence-electron chi connectivity index (χ1n) is 3.73. The first kappa shape index (κ1) is 16.2. The van der Waals surface area contributed by atoms with Crippen LogP contribution >= 0.6 is 7.82 Å². The summed E-state index contributed by atoms with van der Waals surface area (Å²) in [5, 5.41) is 0. The van der Waals surface area contributed by atoms with E-state index in [0.717, 1.165) is 19.3 Å². The Labute approximate surface area is 116 Å². The molecule has 0 unspecified atom stereocenters. The van der Waals surface area contributed by atoms with Crippen LogP contribution in [0.15, 0.2) is 0 Å². The maximum atomic E-state index is 9.91. The summed E-state index contributed by atoms with van der Waals surface area (Å²) >= 11 is 0. The summed E-state index contributed by atoms with van der Waals surface area (Å²) in [5.74, 6) is 0. The fourth-order valence-corrected chi connectivity index (χ4v) is 1.06. The van der Waals surface area contributed by atoms with Gasteiger partial charge in [-0.3, -0.25) is 0 Å². The van der Waals surface area contributed by atoms with Crippen LogP contribution in [0, 0.1) is 0 Å². The summed E-state index contributed by atoms with van der Waals surface area (Å²) in [6, 6.07) is 0. The fraction of sp³-hybridized carbons (Fsp3) is 1.00. The molecule has 0 aliphatic rings. The minimum Gasteiger partial charge on any atom is -0.790 e. The third kappa shape index (κ3) is 14.3. The molecule has 0 aromatic heterocycles. The van der Waals surface area contributed by atoms with Gasteiger partial charge in [0.1, 0.15) is 0 Å². The Hall–Kier alpha value is 1.75. The molecule has 0 heterocycles. The second-order valence-electron chi connectivity index (χ2n) is 2.34. The molecule has 0 aliphatic heterocycles. The molecule has 0 aliphatic carbocycles. The number of hydrogen-bond donors (Lipinski definition) is 0. The van der Waals surface area contributed by atoms with Crippen LogP contribution in [-0.4, -0.2) is 6.61 Å². The van der Waals surface area contributed by atoms with Gasteiger partial charge >= 0.3 is 51.4 Å². The van der Waals surface area contributed by atoms with Crippen molar-refractivity contribution in [3.63, 3.8) is 0 Å². The van der Waals surface area contributed by atoms with Gasteiger partial charge in [-0.2, -0.15) is 0 Å². The predicted octanol–water partition coefficient (Wildman–Crippen LogP) is -2.58. The Bertz CT molecular complexity index is 136. The van der Waals surface area contributed by atoms with Crippen molar-refractivity contribution in [1.29, 1.82) is 0 Å². The van der Waals surface area contributed by atoms with E-state index >= 15 is 0 Å². The third-order valence-electron chi connectivity index (χ3n) is 1.25. The molecule has 68 valence electrons. The Morgan fingerprint density at radius 2 is 1.83 bits per heavy atom. The molecule has 4 nitrogen and oxygen atoms in total. The van der Waals surface area contributed by atoms with Crippen LogP contribution in [-0.2, 0) is 9.09 Å². The van der Waals surface area contributed by atoms with Crippen molar-refractivity contribution in [2.24, 2.45) is 0 Å². The van der Waals surface area contributed by atoms with Crippen molar-refractivity contribution < 1.29 is 70.3 Å². The van der Waals surface area contributed by atoms with Gasteiger partial charge in [-0.05, 0) is 6.42 Å². The van der Waals surface area contributed by atoms with Crippen molar-refractivity contribution in [1.82, 2.24) is 0 Å². The molecule has 6 heteroatoms. The van der Waals surface area contributed by atoms with Crippen molar-refractivity contribution >= 4 is 7.82 Å². The van der Waals surface area contributed by atoms with E-state index in [9.17, 15) is 14.4 Å². The van der Waals surface area contributed by atoms with Crippen LogP contribution in [0.2, 0.25) is 0 Å². The van der Waals surface area contributed by atoms with E-state index in [1.165, 1.54) is 0 Å². The summed E-state index contributed by atoms with van der Waals surface area (Å²) in [4.78, 5) is 19.8. The van der Waals surface area contributed by atoms with Crippen molar-refractivity contribution in [2.75, 3.05) is 6.61 Å². The number of rotatable bonds is 6. The third-order valence-corrected chi connectivity index (χ3v) is 1.75. The summed E-state index contributed by atoms with van der Waals surface area (Å²) in [6.07, 6.45) is 3.68. The van der Waals surface area contributed by atoms with Gasteiger partial charge in [-0.15, -0.1) is 0 Å². The van der Waals surface area contributed by atoms with Crippen LogP contribution < -0.4 is 61.2 Å². The normalized spacial score (nSPS) is 10.9. The molecule has 0 bridgehead atoms. The van der Waals surface area contributed by atoms with Gasteiger partial charge in [0.15, 0.2) is 0 Å². The van der Waals surface area contributed by atoms with Gasteiger partial charge < -0.3 is 18.9 Å². The molecular formula is C6H13KO4P-. The molecule has 0 fully saturated rings. The zero-order chi connectivity index (χ0) is 8.74. The van der Waals surface area contributed by atoms with Crippen molar-refractivity contribution in [2.45, 2.75) is 32.6 Å². The van der Waals surface area contributed by atoms with Crippen LogP contribution in [0.1, 0.15) is 32.6 Å². The van der Waals surface area contributed by atoms with Gasteiger partial charge in [0.2, 0.25) is 0 Å². The van der Waals surface area contributed by atoms with Crippen LogP contribution in [0.25, 0.3) is 0 Å². The quantitative estimate of drug-likeness (QED) is 0.279. The molecule has 0 spiro atoms. The standard InChI is InChI=1S/C6H15O4P.K/c1-2-3-4-5-6-10-11(7,8)9;/h2-6H2,1H3,(H2,7,8,9);/q;+1/p-2.